The predicted molar refractivity (Wildman–Crippen MR) is 81.5 cm³/mol. The van der Waals surface area contributed by atoms with Gasteiger partial charge in [0, 0.05) is 10.0 Å². The molecule has 2 aromatic rings. The van der Waals surface area contributed by atoms with Crippen LogP contribution in [0.15, 0.2) is 30.9 Å². The second-order valence-electron chi connectivity index (χ2n) is 4.96. The van der Waals surface area contributed by atoms with Crippen LogP contribution in [0.3, 0.4) is 0 Å². The summed E-state index contributed by atoms with van der Waals surface area (Å²) in [4.78, 5) is 3.89. The predicted octanol–water partition coefficient (Wildman–Crippen LogP) is 2.29. The van der Waals surface area contributed by atoms with Crippen molar-refractivity contribution < 1.29 is 10.2 Å². The van der Waals surface area contributed by atoms with Crippen molar-refractivity contribution in [2.24, 2.45) is 0 Å². The summed E-state index contributed by atoms with van der Waals surface area (Å²) in [6.45, 7) is 1.84. The fraction of sp³-hybridized carbons (Fsp3) is 0.429. The number of rotatable bonds is 6. The van der Waals surface area contributed by atoms with Gasteiger partial charge in [-0.25, -0.2) is 4.98 Å². The van der Waals surface area contributed by atoms with E-state index in [9.17, 15) is 10.2 Å². The van der Waals surface area contributed by atoms with Crippen molar-refractivity contribution in [3.05, 3.63) is 46.5 Å². The molecular formula is C14H17Cl2N3O2. The Bertz CT molecular complexity index is 592. The molecule has 0 amide bonds. The minimum absolute atomic E-state index is 0.264. The number of aromatic nitrogens is 3. The van der Waals surface area contributed by atoms with Gasteiger partial charge in [0.1, 0.15) is 12.7 Å². The standard InChI is InChI=1S/C14H17Cl2N3O2/c1-2-13(21)14(7-20,6-19-9-17-8-18-19)11-4-3-10(15)5-12(11)16/h3-5,8-9,13,20-21H,2,6-7H2,1H3. The maximum absolute atomic E-state index is 10.5. The maximum atomic E-state index is 10.5. The second-order valence-corrected chi connectivity index (χ2v) is 5.80. The first-order valence-corrected chi connectivity index (χ1v) is 7.36. The smallest absolute Gasteiger partial charge is 0.137 e. The number of nitrogens with zero attached hydrogens (tertiary/aromatic N) is 3. The number of halogens is 2. The number of hydrogen-bond acceptors (Lipinski definition) is 4. The molecule has 0 bridgehead atoms. The summed E-state index contributed by atoms with van der Waals surface area (Å²) < 4.78 is 1.57. The van der Waals surface area contributed by atoms with E-state index in [1.165, 1.54) is 12.7 Å². The molecule has 5 nitrogen and oxygen atoms in total. The Kier molecular flexibility index (Phi) is 5.22. The third-order valence-corrected chi connectivity index (χ3v) is 4.23. The van der Waals surface area contributed by atoms with Crippen LogP contribution >= 0.6 is 23.2 Å². The van der Waals surface area contributed by atoms with Crippen LogP contribution in [0.1, 0.15) is 18.9 Å². The van der Waals surface area contributed by atoms with E-state index < -0.39 is 11.5 Å². The fourth-order valence-electron chi connectivity index (χ4n) is 2.50. The van der Waals surface area contributed by atoms with Gasteiger partial charge >= 0.3 is 0 Å². The Balaban J connectivity index is 2.53. The topological polar surface area (TPSA) is 71.2 Å². The first-order valence-electron chi connectivity index (χ1n) is 6.60. The molecule has 2 atom stereocenters. The van der Waals surface area contributed by atoms with Gasteiger partial charge in [-0.2, -0.15) is 5.10 Å². The zero-order valence-electron chi connectivity index (χ0n) is 11.6. The lowest BCUT2D eigenvalue weighted by atomic mass is 9.75. The molecule has 1 heterocycles. The number of hydrogen-bond donors (Lipinski definition) is 2. The lowest BCUT2D eigenvalue weighted by molar-refractivity contribution is 0.0221. The van der Waals surface area contributed by atoms with Gasteiger partial charge in [-0.1, -0.05) is 36.2 Å². The molecule has 0 aliphatic rings. The number of aliphatic hydroxyl groups is 2. The molecule has 1 aromatic carbocycles. The Labute approximate surface area is 133 Å². The Morgan fingerprint density at radius 1 is 1.38 bits per heavy atom. The van der Waals surface area contributed by atoms with E-state index in [1.807, 2.05) is 6.92 Å². The highest BCUT2D eigenvalue weighted by Gasteiger charge is 2.40. The molecule has 0 saturated carbocycles. The Morgan fingerprint density at radius 2 is 2.14 bits per heavy atom. The lowest BCUT2D eigenvalue weighted by Crippen LogP contribution is -2.46. The van der Waals surface area contributed by atoms with Gasteiger partial charge in [0.2, 0.25) is 0 Å². The van der Waals surface area contributed by atoms with Crippen LogP contribution in [0.2, 0.25) is 10.0 Å². The van der Waals surface area contributed by atoms with Gasteiger partial charge in [-0.3, -0.25) is 4.68 Å². The monoisotopic (exact) mass is 329 g/mol. The van der Waals surface area contributed by atoms with Gasteiger partial charge in [0.25, 0.3) is 0 Å². The van der Waals surface area contributed by atoms with Crippen LogP contribution in [0, 0.1) is 0 Å². The van der Waals surface area contributed by atoms with Crippen LogP contribution in [-0.4, -0.2) is 37.7 Å². The van der Waals surface area contributed by atoms with Crippen LogP contribution in [0.5, 0.6) is 0 Å². The molecular weight excluding hydrogens is 313 g/mol. The molecule has 2 unspecified atom stereocenters. The summed E-state index contributed by atoms with van der Waals surface area (Å²) >= 11 is 12.2. The highest BCUT2D eigenvalue weighted by molar-refractivity contribution is 6.35. The Morgan fingerprint density at radius 3 is 2.67 bits per heavy atom. The molecule has 0 aliphatic heterocycles. The van der Waals surface area contributed by atoms with Gasteiger partial charge in [-0.15, -0.1) is 0 Å². The van der Waals surface area contributed by atoms with Crippen molar-refractivity contribution >= 4 is 23.2 Å². The van der Waals surface area contributed by atoms with Gasteiger partial charge in [-0.05, 0) is 24.1 Å². The summed E-state index contributed by atoms with van der Waals surface area (Å²) in [6, 6.07) is 5.03. The zero-order chi connectivity index (χ0) is 15.5. The lowest BCUT2D eigenvalue weighted by Gasteiger charge is -2.37. The third kappa shape index (κ3) is 3.21. The van der Waals surface area contributed by atoms with E-state index in [-0.39, 0.29) is 13.2 Å². The van der Waals surface area contributed by atoms with E-state index in [4.69, 9.17) is 23.2 Å². The van der Waals surface area contributed by atoms with Crippen molar-refractivity contribution in [2.75, 3.05) is 6.61 Å². The highest BCUT2D eigenvalue weighted by atomic mass is 35.5. The SMILES string of the molecule is CCC(O)C(CO)(Cn1cncn1)c1ccc(Cl)cc1Cl. The molecule has 114 valence electrons. The quantitative estimate of drug-likeness (QED) is 0.852. The van der Waals surface area contributed by atoms with Crippen LogP contribution in [0.4, 0.5) is 0 Å². The second kappa shape index (κ2) is 6.75. The van der Waals surface area contributed by atoms with Crippen molar-refractivity contribution in [2.45, 2.75) is 31.4 Å². The van der Waals surface area contributed by atoms with Crippen molar-refractivity contribution in [1.82, 2.24) is 14.8 Å². The summed E-state index contributed by atoms with van der Waals surface area (Å²) in [5.41, 5.74) is -0.328. The van der Waals surface area contributed by atoms with E-state index >= 15 is 0 Å². The number of benzene rings is 1. The molecule has 0 aliphatic carbocycles. The summed E-state index contributed by atoms with van der Waals surface area (Å²) in [6.07, 6.45) is 2.62. The maximum Gasteiger partial charge on any atom is 0.137 e. The largest absolute Gasteiger partial charge is 0.395 e. The molecule has 21 heavy (non-hydrogen) atoms. The first kappa shape index (κ1) is 16.2. The molecule has 0 saturated heterocycles. The van der Waals surface area contributed by atoms with Crippen LogP contribution in [-0.2, 0) is 12.0 Å². The van der Waals surface area contributed by atoms with Crippen LogP contribution in [0.25, 0.3) is 0 Å². The van der Waals surface area contributed by atoms with E-state index in [0.29, 0.717) is 22.0 Å². The average Bonchev–Trinajstić information content (AvgIpc) is 2.97. The molecule has 2 N–H and O–H groups in total. The molecule has 0 fully saturated rings. The molecule has 2 rings (SSSR count). The summed E-state index contributed by atoms with van der Waals surface area (Å²) in [5.74, 6) is 0. The normalized spacial score (nSPS) is 15.7. The fourth-order valence-corrected chi connectivity index (χ4v) is 3.09. The van der Waals surface area contributed by atoms with Crippen molar-refractivity contribution in [3.63, 3.8) is 0 Å². The van der Waals surface area contributed by atoms with E-state index in [0.717, 1.165) is 0 Å². The van der Waals surface area contributed by atoms with Crippen molar-refractivity contribution in [3.8, 4) is 0 Å². The highest BCUT2D eigenvalue weighted by Crippen LogP contribution is 2.37. The zero-order valence-corrected chi connectivity index (χ0v) is 13.1. The molecule has 0 spiro atoms. The van der Waals surface area contributed by atoms with Crippen LogP contribution < -0.4 is 0 Å². The summed E-state index contributed by atoms with van der Waals surface area (Å²) in [7, 11) is 0. The minimum Gasteiger partial charge on any atom is -0.395 e. The summed E-state index contributed by atoms with van der Waals surface area (Å²) in [5, 5.41) is 25.5. The minimum atomic E-state index is -0.968. The van der Waals surface area contributed by atoms with E-state index in [2.05, 4.69) is 10.1 Å². The molecule has 1 aromatic heterocycles. The van der Waals surface area contributed by atoms with Crippen molar-refractivity contribution in [1.29, 1.82) is 0 Å². The molecule has 7 heteroatoms. The Hall–Kier alpha value is -1.14. The van der Waals surface area contributed by atoms with Gasteiger partial charge in [0.05, 0.1) is 24.7 Å². The third-order valence-electron chi connectivity index (χ3n) is 3.68. The van der Waals surface area contributed by atoms with E-state index in [1.54, 1.807) is 22.9 Å². The number of aliphatic hydroxyl groups excluding tert-OH is 2. The average molecular weight is 330 g/mol. The van der Waals surface area contributed by atoms with Gasteiger partial charge in [0.15, 0.2) is 0 Å². The first-order chi connectivity index (χ1) is 10.0. The molecule has 0 radical (unpaired) electrons. The van der Waals surface area contributed by atoms with Gasteiger partial charge < -0.3 is 10.2 Å².